The van der Waals surface area contributed by atoms with E-state index in [-0.39, 0.29) is 0 Å². The summed E-state index contributed by atoms with van der Waals surface area (Å²) < 4.78 is 6.08. The first kappa shape index (κ1) is 14.0. The van der Waals surface area contributed by atoms with Gasteiger partial charge in [0, 0.05) is 10.7 Å². The number of halogens is 1. The average Bonchev–Trinajstić information content (AvgIpc) is 2.17. The zero-order chi connectivity index (χ0) is 13.1. The molecule has 1 aromatic rings. The van der Waals surface area contributed by atoms with Crippen LogP contribution in [0.2, 0.25) is 0 Å². The Hall–Kier alpha value is -1.10. The van der Waals surface area contributed by atoms with Gasteiger partial charge in [0.1, 0.15) is 5.60 Å². The molecule has 0 aromatic carbocycles. The standard InChI is InChI=1S/C12H17BrN2O2/c1-8-5-9(14-7-10(8)13)6-15-11(16)17-12(2,3)4/h5,7H,6H2,1-4H3,(H,15,16). The Morgan fingerprint density at radius 2 is 2.18 bits per heavy atom. The summed E-state index contributed by atoms with van der Waals surface area (Å²) in [5.74, 6) is 0. The molecule has 0 aliphatic rings. The Kier molecular flexibility index (Phi) is 4.51. The van der Waals surface area contributed by atoms with Crippen LogP contribution < -0.4 is 5.32 Å². The summed E-state index contributed by atoms with van der Waals surface area (Å²) in [6.45, 7) is 7.82. The Balaban J connectivity index is 2.50. The number of rotatable bonds is 2. The van der Waals surface area contributed by atoms with E-state index in [2.05, 4.69) is 26.2 Å². The van der Waals surface area contributed by atoms with E-state index in [1.807, 2.05) is 33.8 Å². The van der Waals surface area contributed by atoms with Crippen LogP contribution in [0.5, 0.6) is 0 Å². The third kappa shape index (κ3) is 5.17. The minimum Gasteiger partial charge on any atom is -0.444 e. The van der Waals surface area contributed by atoms with Gasteiger partial charge in [-0.1, -0.05) is 0 Å². The van der Waals surface area contributed by atoms with Crippen LogP contribution in [0.1, 0.15) is 32.0 Å². The lowest BCUT2D eigenvalue weighted by Gasteiger charge is -2.19. The van der Waals surface area contributed by atoms with Crippen LogP contribution in [0.4, 0.5) is 4.79 Å². The van der Waals surface area contributed by atoms with E-state index in [9.17, 15) is 4.79 Å². The molecule has 0 aliphatic carbocycles. The fourth-order valence-corrected chi connectivity index (χ4v) is 1.39. The van der Waals surface area contributed by atoms with E-state index in [0.29, 0.717) is 6.54 Å². The highest BCUT2D eigenvalue weighted by Gasteiger charge is 2.15. The number of hydrogen-bond donors (Lipinski definition) is 1. The molecule has 1 amide bonds. The number of aryl methyl sites for hydroxylation is 1. The van der Waals surface area contributed by atoms with Crippen LogP contribution in [0.3, 0.4) is 0 Å². The van der Waals surface area contributed by atoms with Gasteiger partial charge in [-0.15, -0.1) is 0 Å². The topological polar surface area (TPSA) is 51.2 Å². The van der Waals surface area contributed by atoms with E-state index < -0.39 is 11.7 Å². The molecule has 5 heteroatoms. The highest BCUT2D eigenvalue weighted by molar-refractivity contribution is 9.10. The number of amides is 1. The van der Waals surface area contributed by atoms with Crippen molar-refractivity contribution in [2.75, 3.05) is 0 Å². The number of carbonyl (C=O) groups is 1. The van der Waals surface area contributed by atoms with Crippen LogP contribution >= 0.6 is 15.9 Å². The van der Waals surface area contributed by atoms with Gasteiger partial charge in [0.25, 0.3) is 0 Å². The number of hydrogen-bond acceptors (Lipinski definition) is 3. The fourth-order valence-electron chi connectivity index (χ4n) is 1.17. The summed E-state index contributed by atoms with van der Waals surface area (Å²) in [6, 6.07) is 1.92. The normalized spacial score (nSPS) is 11.1. The zero-order valence-electron chi connectivity index (χ0n) is 10.5. The van der Waals surface area contributed by atoms with E-state index in [0.717, 1.165) is 15.7 Å². The maximum atomic E-state index is 11.4. The van der Waals surface area contributed by atoms with Gasteiger partial charge in [0.05, 0.1) is 12.2 Å². The number of nitrogens with zero attached hydrogens (tertiary/aromatic N) is 1. The Morgan fingerprint density at radius 3 is 2.71 bits per heavy atom. The highest BCUT2D eigenvalue weighted by atomic mass is 79.9. The van der Waals surface area contributed by atoms with Crippen LogP contribution in [-0.4, -0.2) is 16.7 Å². The summed E-state index contributed by atoms with van der Waals surface area (Å²) in [6.07, 6.45) is 1.29. The highest BCUT2D eigenvalue weighted by Crippen LogP contribution is 2.14. The van der Waals surface area contributed by atoms with Gasteiger partial charge in [0.2, 0.25) is 0 Å². The molecular formula is C12H17BrN2O2. The van der Waals surface area contributed by atoms with Crippen molar-refractivity contribution in [1.29, 1.82) is 0 Å². The minimum atomic E-state index is -0.479. The monoisotopic (exact) mass is 300 g/mol. The molecule has 1 heterocycles. The van der Waals surface area contributed by atoms with Crippen molar-refractivity contribution in [1.82, 2.24) is 10.3 Å². The second-order valence-corrected chi connectivity index (χ2v) is 5.63. The van der Waals surface area contributed by atoms with E-state index in [1.165, 1.54) is 0 Å². The zero-order valence-corrected chi connectivity index (χ0v) is 12.1. The van der Waals surface area contributed by atoms with Crippen molar-refractivity contribution in [3.05, 3.63) is 28.0 Å². The van der Waals surface area contributed by atoms with Gasteiger partial charge >= 0.3 is 6.09 Å². The van der Waals surface area contributed by atoms with Gasteiger partial charge in [-0.25, -0.2) is 4.79 Å². The second-order valence-electron chi connectivity index (χ2n) is 4.78. The van der Waals surface area contributed by atoms with E-state index in [1.54, 1.807) is 6.20 Å². The molecular weight excluding hydrogens is 284 g/mol. The summed E-state index contributed by atoms with van der Waals surface area (Å²) >= 11 is 3.37. The average molecular weight is 301 g/mol. The van der Waals surface area contributed by atoms with Crippen LogP contribution in [-0.2, 0) is 11.3 Å². The first-order valence-corrected chi connectivity index (χ1v) is 6.15. The van der Waals surface area contributed by atoms with Crippen molar-refractivity contribution in [3.8, 4) is 0 Å². The maximum Gasteiger partial charge on any atom is 0.407 e. The molecule has 17 heavy (non-hydrogen) atoms. The number of nitrogens with one attached hydrogen (secondary N) is 1. The van der Waals surface area contributed by atoms with Crippen molar-refractivity contribution in [2.24, 2.45) is 0 Å². The predicted octanol–water partition coefficient (Wildman–Crippen LogP) is 3.18. The minimum absolute atomic E-state index is 0.364. The summed E-state index contributed by atoms with van der Waals surface area (Å²) in [5, 5.41) is 2.66. The van der Waals surface area contributed by atoms with Crippen LogP contribution in [0.15, 0.2) is 16.7 Å². The van der Waals surface area contributed by atoms with E-state index >= 15 is 0 Å². The molecule has 1 aromatic heterocycles. The molecule has 0 saturated carbocycles. The van der Waals surface area contributed by atoms with Gasteiger partial charge in [0.15, 0.2) is 0 Å². The number of pyridine rings is 1. The molecule has 0 spiro atoms. The van der Waals surface area contributed by atoms with Crippen molar-refractivity contribution in [2.45, 2.75) is 39.8 Å². The maximum absolute atomic E-state index is 11.4. The summed E-state index contributed by atoms with van der Waals surface area (Å²) in [7, 11) is 0. The van der Waals surface area contributed by atoms with Crippen molar-refractivity contribution >= 4 is 22.0 Å². The Labute approximate surface area is 110 Å². The largest absolute Gasteiger partial charge is 0.444 e. The Bertz CT molecular complexity index is 413. The number of carbonyl (C=O) groups excluding carboxylic acids is 1. The van der Waals surface area contributed by atoms with Gasteiger partial charge in [-0.2, -0.15) is 0 Å². The molecule has 1 N–H and O–H groups in total. The molecule has 94 valence electrons. The van der Waals surface area contributed by atoms with Crippen molar-refractivity contribution < 1.29 is 9.53 Å². The number of aromatic nitrogens is 1. The molecule has 1 rings (SSSR count). The SMILES string of the molecule is Cc1cc(CNC(=O)OC(C)(C)C)ncc1Br. The first-order valence-electron chi connectivity index (χ1n) is 5.36. The molecule has 0 atom stereocenters. The third-order valence-electron chi connectivity index (χ3n) is 1.92. The summed E-state index contributed by atoms with van der Waals surface area (Å²) in [4.78, 5) is 15.6. The number of alkyl carbamates (subject to hydrolysis) is 1. The lowest BCUT2D eigenvalue weighted by molar-refractivity contribution is 0.0523. The lowest BCUT2D eigenvalue weighted by atomic mass is 10.2. The molecule has 0 saturated heterocycles. The van der Waals surface area contributed by atoms with Gasteiger partial charge < -0.3 is 10.1 Å². The fraction of sp³-hybridized carbons (Fsp3) is 0.500. The van der Waals surface area contributed by atoms with Gasteiger partial charge in [-0.05, 0) is 55.3 Å². The first-order chi connectivity index (χ1) is 7.78. The Morgan fingerprint density at radius 1 is 1.53 bits per heavy atom. The van der Waals surface area contributed by atoms with Crippen LogP contribution in [0.25, 0.3) is 0 Å². The number of ether oxygens (including phenoxy) is 1. The molecule has 0 aliphatic heterocycles. The molecule has 0 radical (unpaired) electrons. The third-order valence-corrected chi connectivity index (χ3v) is 2.75. The molecule has 0 fully saturated rings. The predicted molar refractivity (Wildman–Crippen MR) is 69.7 cm³/mol. The lowest BCUT2D eigenvalue weighted by Crippen LogP contribution is -2.32. The summed E-state index contributed by atoms with van der Waals surface area (Å²) in [5.41, 5.74) is 1.41. The van der Waals surface area contributed by atoms with Crippen LogP contribution in [0, 0.1) is 6.92 Å². The molecule has 0 bridgehead atoms. The smallest absolute Gasteiger partial charge is 0.407 e. The van der Waals surface area contributed by atoms with E-state index in [4.69, 9.17) is 4.74 Å². The van der Waals surface area contributed by atoms with Crippen molar-refractivity contribution in [3.63, 3.8) is 0 Å². The quantitative estimate of drug-likeness (QED) is 0.912. The second kappa shape index (κ2) is 5.49. The molecule has 0 unspecified atom stereocenters. The molecule has 4 nitrogen and oxygen atoms in total. The van der Waals surface area contributed by atoms with Gasteiger partial charge in [-0.3, -0.25) is 4.98 Å².